The van der Waals surface area contributed by atoms with Crippen molar-refractivity contribution in [2.45, 2.75) is 70.8 Å². The largest absolute Gasteiger partial charge is 0.313 e. The van der Waals surface area contributed by atoms with Gasteiger partial charge in [0.05, 0.1) is 0 Å². The Morgan fingerprint density at radius 2 is 2.05 bits per heavy atom. The first-order valence-corrected chi connectivity index (χ1v) is 8.96. The molecule has 2 aliphatic rings. The van der Waals surface area contributed by atoms with Crippen LogP contribution in [0.4, 0.5) is 0 Å². The van der Waals surface area contributed by atoms with E-state index in [0.717, 1.165) is 18.4 Å². The molecule has 1 fully saturated rings. The van der Waals surface area contributed by atoms with E-state index >= 15 is 0 Å². The second kappa shape index (κ2) is 6.91. The molecule has 0 aromatic carbocycles. The average Bonchev–Trinajstić information content (AvgIpc) is 2.93. The van der Waals surface area contributed by atoms with Crippen molar-refractivity contribution in [2.24, 2.45) is 11.8 Å². The van der Waals surface area contributed by atoms with Crippen LogP contribution in [-0.2, 0) is 6.42 Å². The number of pyridine rings is 1. The summed E-state index contributed by atoms with van der Waals surface area (Å²) in [6, 6.07) is 5.02. The Bertz CT molecular complexity index is 449. The quantitative estimate of drug-likeness (QED) is 0.872. The second-order valence-electron chi connectivity index (χ2n) is 7.19. The summed E-state index contributed by atoms with van der Waals surface area (Å²) in [5.41, 5.74) is 2.89. The number of aromatic nitrogens is 1. The molecule has 116 valence electrons. The Hall–Kier alpha value is -0.890. The molecular formula is C19H30N2. The molecule has 0 spiro atoms. The summed E-state index contributed by atoms with van der Waals surface area (Å²) in [7, 11) is 0. The molecular weight excluding hydrogens is 256 g/mol. The van der Waals surface area contributed by atoms with E-state index in [1.165, 1.54) is 56.2 Å². The zero-order valence-corrected chi connectivity index (χ0v) is 13.6. The van der Waals surface area contributed by atoms with E-state index < -0.39 is 0 Å². The summed E-state index contributed by atoms with van der Waals surface area (Å²) in [5, 5.41) is 3.90. The summed E-state index contributed by atoms with van der Waals surface area (Å²) >= 11 is 0. The van der Waals surface area contributed by atoms with Crippen LogP contribution in [0.2, 0.25) is 0 Å². The lowest BCUT2D eigenvalue weighted by molar-refractivity contribution is 0.207. The first-order chi connectivity index (χ1) is 10.3. The molecule has 1 aromatic rings. The minimum absolute atomic E-state index is 0.645. The molecule has 2 aliphatic carbocycles. The van der Waals surface area contributed by atoms with E-state index in [1.54, 1.807) is 0 Å². The number of rotatable bonds is 5. The molecule has 1 N–H and O–H groups in total. The molecule has 3 rings (SSSR count). The lowest BCUT2D eigenvalue weighted by atomic mass is 9.75. The van der Waals surface area contributed by atoms with Crippen LogP contribution in [0.3, 0.4) is 0 Å². The zero-order chi connectivity index (χ0) is 14.7. The standard InChI is InChI=1S/C19H30N2/c1-3-12-20-19(16-8-6-14(2)7-9-16)17-11-10-15-5-4-13-21-18(15)17/h4-5,13-14,16-17,19-20H,3,6-12H2,1-2H3. The van der Waals surface area contributed by atoms with Crippen molar-refractivity contribution >= 4 is 0 Å². The van der Waals surface area contributed by atoms with Crippen molar-refractivity contribution in [1.82, 2.24) is 10.3 Å². The Balaban J connectivity index is 1.76. The molecule has 0 amide bonds. The van der Waals surface area contributed by atoms with Crippen LogP contribution in [0.1, 0.15) is 69.5 Å². The van der Waals surface area contributed by atoms with Crippen molar-refractivity contribution in [3.63, 3.8) is 0 Å². The number of fused-ring (bicyclic) bond motifs is 1. The summed E-state index contributed by atoms with van der Waals surface area (Å²) < 4.78 is 0. The number of hydrogen-bond acceptors (Lipinski definition) is 2. The van der Waals surface area contributed by atoms with Gasteiger partial charge in [0.1, 0.15) is 0 Å². The van der Waals surface area contributed by atoms with Crippen molar-refractivity contribution in [3.05, 3.63) is 29.6 Å². The molecule has 0 aliphatic heterocycles. The zero-order valence-electron chi connectivity index (χ0n) is 13.6. The first-order valence-electron chi connectivity index (χ1n) is 8.96. The number of hydrogen-bond donors (Lipinski definition) is 1. The molecule has 1 aromatic heterocycles. The molecule has 1 saturated carbocycles. The van der Waals surface area contributed by atoms with Crippen LogP contribution in [0, 0.1) is 11.8 Å². The van der Waals surface area contributed by atoms with Gasteiger partial charge in [0.15, 0.2) is 0 Å². The maximum absolute atomic E-state index is 4.74. The molecule has 2 unspecified atom stereocenters. The molecule has 0 radical (unpaired) electrons. The van der Waals surface area contributed by atoms with Gasteiger partial charge in [-0.2, -0.15) is 0 Å². The van der Waals surface area contributed by atoms with E-state index in [0.29, 0.717) is 12.0 Å². The van der Waals surface area contributed by atoms with Crippen LogP contribution in [0.5, 0.6) is 0 Å². The highest BCUT2D eigenvalue weighted by molar-refractivity contribution is 5.30. The number of nitrogens with one attached hydrogen (secondary N) is 1. The van der Waals surface area contributed by atoms with Crippen molar-refractivity contribution in [1.29, 1.82) is 0 Å². The first kappa shape index (κ1) is 15.0. The lowest BCUT2D eigenvalue weighted by Crippen LogP contribution is -2.42. The molecule has 0 bridgehead atoms. The van der Waals surface area contributed by atoms with E-state index in [9.17, 15) is 0 Å². The summed E-state index contributed by atoms with van der Waals surface area (Å²) in [6.07, 6.45) is 11.4. The molecule has 2 nitrogen and oxygen atoms in total. The molecule has 21 heavy (non-hydrogen) atoms. The van der Waals surface area contributed by atoms with Gasteiger partial charge in [-0.3, -0.25) is 4.98 Å². The fourth-order valence-electron chi connectivity index (χ4n) is 4.39. The SMILES string of the molecule is CCCNC(C1CCC(C)CC1)C1CCc2cccnc21. The monoisotopic (exact) mass is 286 g/mol. The summed E-state index contributed by atoms with van der Waals surface area (Å²) in [4.78, 5) is 4.74. The van der Waals surface area contributed by atoms with Gasteiger partial charge in [0.25, 0.3) is 0 Å². The van der Waals surface area contributed by atoms with E-state index in [4.69, 9.17) is 4.98 Å². The average molecular weight is 286 g/mol. The minimum Gasteiger partial charge on any atom is -0.313 e. The van der Waals surface area contributed by atoms with Gasteiger partial charge in [-0.25, -0.2) is 0 Å². The fraction of sp³-hybridized carbons (Fsp3) is 0.737. The van der Waals surface area contributed by atoms with Gasteiger partial charge in [0, 0.05) is 23.9 Å². The van der Waals surface area contributed by atoms with Gasteiger partial charge in [-0.05, 0) is 62.1 Å². The second-order valence-corrected chi connectivity index (χ2v) is 7.19. The van der Waals surface area contributed by atoms with Crippen LogP contribution in [0.15, 0.2) is 18.3 Å². The third kappa shape index (κ3) is 3.31. The predicted octanol–water partition coefficient (Wildman–Crippen LogP) is 4.31. The van der Waals surface area contributed by atoms with Crippen LogP contribution in [-0.4, -0.2) is 17.6 Å². The van der Waals surface area contributed by atoms with E-state index in [-0.39, 0.29) is 0 Å². The topological polar surface area (TPSA) is 24.9 Å². The Kier molecular flexibility index (Phi) is 4.95. The summed E-state index contributed by atoms with van der Waals surface area (Å²) in [6.45, 7) is 5.83. The molecule has 1 heterocycles. The predicted molar refractivity (Wildman–Crippen MR) is 88.5 cm³/mol. The van der Waals surface area contributed by atoms with Crippen molar-refractivity contribution in [3.8, 4) is 0 Å². The minimum atomic E-state index is 0.645. The van der Waals surface area contributed by atoms with Gasteiger partial charge < -0.3 is 5.32 Å². The van der Waals surface area contributed by atoms with Crippen molar-refractivity contribution < 1.29 is 0 Å². The fourth-order valence-corrected chi connectivity index (χ4v) is 4.39. The Morgan fingerprint density at radius 3 is 2.81 bits per heavy atom. The highest BCUT2D eigenvalue weighted by atomic mass is 14.9. The number of aryl methyl sites for hydroxylation is 1. The highest BCUT2D eigenvalue weighted by Crippen LogP contribution is 2.41. The lowest BCUT2D eigenvalue weighted by Gasteiger charge is -2.37. The summed E-state index contributed by atoms with van der Waals surface area (Å²) in [5.74, 6) is 2.43. The Labute approximate surface area is 129 Å². The van der Waals surface area contributed by atoms with Crippen LogP contribution < -0.4 is 5.32 Å². The molecule has 2 atom stereocenters. The maximum Gasteiger partial charge on any atom is 0.0482 e. The van der Waals surface area contributed by atoms with Crippen LogP contribution in [0.25, 0.3) is 0 Å². The van der Waals surface area contributed by atoms with Crippen molar-refractivity contribution in [2.75, 3.05) is 6.54 Å². The smallest absolute Gasteiger partial charge is 0.0482 e. The van der Waals surface area contributed by atoms with Gasteiger partial charge in [-0.1, -0.05) is 32.8 Å². The number of nitrogens with zero attached hydrogens (tertiary/aromatic N) is 1. The highest BCUT2D eigenvalue weighted by Gasteiger charge is 2.36. The van der Waals surface area contributed by atoms with E-state index in [1.807, 2.05) is 6.20 Å². The Morgan fingerprint density at radius 1 is 1.24 bits per heavy atom. The van der Waals surface area contributed by atoms with Gasteiger partial charge >= 0.3 is 0 Å². The third-order valence-electron chi connectivity index (χ3n) is 5.63. The molecule has 0 saturated heterocycles. The maximum atomic E-state index is 4.74. The van der Waals surface area contributed by atoms with E-state index in [2.05, 4.69) is 31.3 Å². The van der Waals surface area contributed by atoms with Crippen LogP contribution >= 0.6 is 0 Å². The third-order valence-corrected chi connectivity index (χ3v) is 5.63. The van der Waals surface area contributed by atoms with Gasteiger partial charge in [-0.15, -0.1) is 0 Å². The van der Waals surface area contributed by atoms with Gasteiger partial charge in [0.2, 0.25) is 0 Å². The molecule has 2 heteroatoms. The normalized spacial score (nSPS) is 30.1.